The molecule has 5 nitrogen and oxygen atoms in total. The van der Waals surface area contributed by atoms with Gasteiger partial charge in [-0.05, 0) is 72.9 Å². The van der Waals surface area contributed by atoms with Crippen molar-refractivity contribution in [3.05, 3.63) is 83.7 Å². The maximum absolute atomic E-state index is 13.0. The molecule has 0 heterocycles. The number of alkyl halides is 6. The van der Waals surface area contributed by atoms with Crippen molar-refractivity contribution >= 4 is 40.3 Å². The second kappa shape index (κ2) is 10.2. The third kappa shape index (κ3) is 7.57. The van der Waals surface area contributed by atoms with Crippen molar-refractivity contribution in [3.63, 3.8) is 0 Å². The van der Waals surface area contributed by atoms with Crippen molar-refractivity contribution in [2.75, 3.05) is 16.0 Å². The molecule has 3 aromatic rings. The van der Waals surface area contributed by atoms with E-state index in [2.05, 4.69) is 20.7 Å². The van der Waals surface area contributed by atoms with Crippen LogP contribution in [0.5, 0.6) is 5.75 Å². The summed E-state index contributed by atoms with van der Waals surface area (Å²) in [6.07, 6.45) is -9.70. The van der Waals surface area contributed by atoms with Crippen molar-refractivity contribution < 1.29 is 40.3 Å². The maximum atomic E-state index is 13.0. The molecule has 3 rings (SSSR count). The van der Waals surface area contributed by atoms with E-state index < -0.39 is 41.3 Å². The number of hydrogen-bond acceptors (Lipinski definition) is 3. The molecule has 0 saturated carbocycles. The van der Waals surface area contributed by atoms with Crippen LogP contribution in [0.2, 0.25) is 0 Å². The molecule has 184 valence electrons. The molecule has 0 spiro atoms. The first-order valence-corrected chi connectivity index (χ1v) is 9.93. The van der Waals surface area contributed by atoms with Crippen molar-refractivity contribution in [1.29, 1.82) is 0 Å². The summed E-state index contributed by atoms with van der Waals surface area (Å²) < 4.78 is 94.2. The molecule has 0 radical (unpaired) electrons. The molecule has 0 aliphatic heterocycles. The number of amides is 1. The number of benzene rings is 3. The van der Waals surface area contributed by atoms with Gasteiger partial charge in [-0.25, -0.2) is 4.39 Å². The Kier molecular flexibility index (Phi) is 7.48. The second-order valence-electron chi connectivity index (χ2n) is 6.88. The van der Waals surface area contributed by atoms with Gasteiger partial charge in [0, 0.05) is 16.9 Å². The van der Waals surface area contributed by atoms with Gasteiger partial charge in [0.05, 0.1) is 11.3 Å². The van der Waals surface area contributed by atoms with E-state index in [0.29, 0.717) is 0 Å². The van der Waals surface area contributed by atoms with Gasteiger partial charge >= 0.3 is 12.5 Å². The van der Waals surface area contributed by atoms with Crippen molar-refractivity contribution in [1.82, 2.24) is 0 Å². The lowest BCUT2D eigenvalue weighted by Crippen LogP contribution is -2.23. The lowest BCUT2D eigenvalue weighted by Gasteiger charge is -2.17. The highest BCUT2D eigenvalue weighted by Gasteiger charge is 2.33. The fourth-order valence-corrected chi connectivity index (χ4v) is 3.00. The zero-order chi connectivity index (χ0) is 25.8. The molecule has 0 unspecified atom stereocenters. The highest BCUT2D eigenvalue weighted by atomic mass is 32.1. The van der Waals surface area contributed by atoms with E-state index in [9.17, 15) is 35.5 Å². The summed E-state index contributed by atoms with van der Waals surface area (Å²) in [5.74, 6) is -2.02. The number of carbonyl (C=O) groups is 1. The highest BCUT2D eigenvalue weighted by Crippen LogP contribution is 2.33. The summed E-state index contributed by atoms with van der Waals surface area (Å²) in [6, 6.07) is 11.6. The Morgan fingerprint density at radius 3 is 2.11 bits per heavy atom. The first kappa shape index (κ1) is 25.7. The summed E-state index contributed by atoms with van der Waals surface area (Å²) >= 11 is 5.01. The number of carbonyl (C=O) groups excluding carboxylic acids is 1. The van der Waals surface area contributed by atoms with E-state index >= 15 is 0 Å². The molecule has 3 N–H and O–H groups in total. The minimum Gasteiger partial charge on any atom is -0.404 e. The molecule has 0 aliphatic rings. The van der Waals surface area contributed by atoms with E-state index in [1.165, 1.54) is 18.2 Å². The number of rotatable bonds is 5. The van der Waals surface area contributed by atoms with Gasteiger partial charge in [-0.15, -0.1) is 13.2 Å². The average Bonchev–Trinajstić information content (AvgIpc) is 2.75. The standard InChI is InChI=1S/C22H14F7N3O2S/c23-14-5-7-15(8-6-14)30-19(33)12-4-9-18(34-22(27,28)29)17(10-12)32-20(35)31-16-3-1-2-13(11-16)21(24,25)26/h1-11H,(H,30,33)(H2,31,32,35). The molecule has 0 bridgehead atoms. The molecule has 0 aliphatic carbocycles. The van der Waals surface area contributed by atoms with Gasteiger partial charge in [0.2, 0.25) is 0 Å². The number of halogens is 7. The van der Waals surface area contributed by atoms with E-state index in [4.69, 9.17) is 12.2 Å². The molecular weight excluding hydrogens is 503 g/mol. The fourth-order valence-electron chi connectivity index (χ4n) is 2.78. The Hall–Kier alpha value is -3.87. The first-order valence-electron chi connectivity index (χ1n) is 9.52. The minimum absolute atomic E-state index is 0.0826. The molecule has 3 aromatic carbocycles. The van der Waals surface area contributed by atoms with Gasteiger partial charge in [-0.1, -0.05) is 6.07 Å². The van der Waals surface area contributed by atoms with Crippen LogP contribution in [-0.2, 0) is 6.18 Å². The number of thiocarbonyl (C=S) groups is 1. The summed E-state index contributed by atoms with van der Waals surface area (Å²) in [5, 5.41) is 6.90. The monoisotopic (exact) mass is 517 g/mol. The maximum Gasteiger partial charge on any atom is 0.573 e. The van der Waals surface area contributed by atoms with E-state index in [0.717, 1.165) is 48.5 Å². The summed E-state index contributed by atoms with van der Waals surface area (Å²) in [5.41, 5.74) is -1.33. The molecule has 0 atom stereocenters. The SMILES string of the molecule is O=C(Nc1ccc(F)cc1)c1ccc(OC(F)(F)F)c(NC(=S)Nc2cccc(C(F)(F)F)c2)c1. The van der Waals surface area contributed by atoms with Crippen LogP contribution in [0.15, 0.2) is 66.7 Å². The van der Waals surface area contributed by atoms with Crippen molar-refractivity contribution in [3.8, 4) is 5.75 Å². The number of hydrogen-bond donors (Lipinski definition) is 3. The van der Waals surface area contributed by atoms with Gasteiger partial charge in [-0.3, -0.25) is 4.79 Å². The third-order valence-corrected chi connectivity index (χ3v) is 4.47. The van der Waals surface area contributed by atoms with Crippen LogP contribution in [0.25, 0.3) is 0 Å². The van der Waals surface area contributed by atoms with Gasteiger partial charge in [-0.2, -0.15) is 13.2 Å². The molecule has 0 saturated heterocycles. The Labute approximate surface area is 198 Å². The second-order valence-corrected chi connectivity index (χ2v) is 7.29. The first-order chi connectivity index (χ1) is 16.3. The Balaban J connectivity index is 1.83. The largest absolute Gasteiger partial charge is 0.573 e. The van der Waals surface area contributed by atoms with Gasteiger partial charge < -0.3 is 20.7 Å². The molecule has 0 aromatic heterocycles. The smallest absolute Gasteiger partial charge is 0.404 e. The van der Waals surface area contributed by atoms with E-state index in [-0.39, 0.29) is 22.1 Å². The lowest BCUT2D eigenvalue weighted by atomic mass is 10.1. The molecule has 0 fully saturated rings. The van der Waals surface area contributed by atoms with Crippen molar-refractivity contribution in [2.45, 2.75) is 12.5 Å². The van der Waals surface area contributed by atoms with Crippen LogP contribution in [0.4, 0.5) is 47.8 Å². The van der Waals surface area contributed by atoms with Crippen LogP contribution >= 0.6 is 12.2 Å². The Morgan fingerprint density at radius 1 is 0.800 bits per heavy atom. The number of ether oxygens (including phenoxy) is 1. The summed E-state index contributed by atoms with van der Waals surface area (Å²) in [6.45, 7) is 0. The Morgan fingerprint density at radius 2 is 1.49 bits per heavy atom. The third-order valence-electron chi connectivity index (χ3n) is 4.27. The molecular formula is C22H14F7N3O2S. The topological polar surface area (TPSA) is 62.4 Å². The molecule has 35 heavy (non-hydrogen) atoms. The highest BCUT2D eigenvalue weighted by molar-refractivity contribution is 7.80. The van der Waals surface area contributed by atoms with Crippen LogP contribution in [-0.4, -0.2) is 17.4 Å². The average molecular weight is 517 g/mol. The lowest BCUT2D eigenvalue weighted by molar-refractivity contribution is -0.274. The van der Waals surface area contributed by atoms with Crippen LogP contribution in [0.1, 0.15) is 15.9 Å². The van der Waals surface area contributed by atoms with Crippen LogP contribution < -0.4 is 20.7 Å². The predicted molar refractivity (Wildman–Crippen MR) is 119 cm³/mol. The quantitative estimate of drug-likeness (QED) is 0.257. The molecule has 13 heteroatoms. The normalized spacial score (nSPS) is 11.5. The van der Waals surface area contributed by atoms with Crippen molar-refractivity contribution in [2.24, 2.45) is 0 Å². The summed E-state index contributed by atoms with van der Waals surface area (Å²) in [4.78, 5) is 12.5. The van der Waals surface area contributed by atoms with E-state index in [1.54, 1.807) is 0 Å². The number of nitrogens with one attached hydrogen (secondary N) is 3. The predicted octanol–water partition coefficient (Wildman–Crippen LogP) is 6.80. The van der Waals surface area contributed by atoms with Gasteiger partial charge in [0.15, 0.2) is 10.9 Å². The van der Waals surface area contributed by atoms with Crippen LogP contribution in [0, 0.1) is 5.82 Å². The fraction of sp³-hybridized carbons (Fsp3) is 0.0909. The molecule has 1 amide bonds. The van der Waals surface area contributed by atoms with Gasteiger partial charge in [0.25, 0.3) is 5.91 Å². The number of anilines is 3. The zero-order valence-corrected chi connectivity index (χ0v) is 18.0. The van der Waals surface area contributed by atoms with E-state index in [1.807, 2.05) is 0 Å². The summed E-state index contributed by atoms with van der Waals surface area (Å²) in [7, 11) is 0. The Bertz CT molecular complexity index is 1230. The van der Waals surface area contributed by atoms with Crippen LogP contribution in [0.3, 0.4) is 0 Å². The zero-order valence-electron chi connectivity index (χ0n) is 17.2. The van der Waals surface area contributed by atoms with Gasteiger partial charge in [0.1, 0.15) is 5.82 Å². The minimum atomic E-state index is -5.08.